The van der Waals surface area contributed by atoms with Crippen molar-refractivity contribution in [1.82, 2.24) is 0 Å². The van der Waals surface area contributed by atoms with Crippen LogP contribution in [0, 0.1) is 0 Å². The Bertz CT molecular complexity index is 418. The third kappa shape index (κ3) is 2.96. The summed E-state index contributed by atoms with van der Waals surface area (Å²) in [5.41, 5.74) is 11.0. The summed E-state index contributed by atoms with van der Waals surface area (Å²) in [6.45, 7) is 1.31. The second-order valence-corrected chi connectivity index (χ2v) is 3.07. The monoisotopic (exact) mass is 223 g/mol. The number of ether oxygens (including phenoxy) is 1. The van der Waals surface area contributed by atoms with E-state index in [0.29, 0.717) is 11.4 Å². The average Bonchev–Trinajstić information content (AvgIpc) is 2.19. The summed E-state index contributed by atoms with van der Waals surface area (Å²) >= 11 is 0. The Balaban J connectivity index is 3.06. The topological polar surface area (TPSA) is 107 Å². The van der Waals surface area contributed by atoms with E-state index < -0.39 is 5.91 Å². The van der Waals surface area contributed by atoms with Crippen molar-refractivity contribution >= 4 is 17.5 Å². The second-order valence-electron chi connectivity index (χ2n) is 3.07. The maximum atomic E-state index is 11.1. The van der Waals surface area contributed by atoms with E-state index in [1.807, 2.05) is 0 Å². The lowest BCUT2D eigenvalue weighted by atomic mass is 10.1. The lowest BCUT2D eigenvalue weighted by molar-refractivity contribution is -0.114. The molecule has 0 unspecified atom stereocenters. The van der Waals surface area contributed by atoms with Crippen molar-refractivity contribution in [3.63, 3.8) is 0 Å². The highest BCUT2D eigenvalue weighted by Gasteiger charge is 2.10. The first-order valence-electron chi connectivity index (χ1n) is 4.59. The molecule has 6 nitrogen and oxygen atoms in total. The van der Waals surface area contributed by atoms with Gasteiger partial charge in [-0.05, 0) is 18.2 Å². The number of rotatable bonds is 4. The molecule has 0 saturated heterocycles. The van der Waals surface area contributed by atoms with Crippen molar-refractivity contribution < 1.29 is 14.3 Å². The minimum Gasteiger partial charge on any atom is -0.478 e. The summed E-state index contributed by atoms with van der Waals surface area (Å²) in [4.78, 5) is 21.9. The summed E-state index contributed by atoms with van der Waals surface area (Å²) in [5.74, 6) is -0.581. The minimum absolute atomic E-state index is 0.0558. The molecule has 16 heavy (non-hydrogen) atoms. The van der Waals surface area contributed by atoms with Crippen LogP contribution >= 0.6 is 0 Å². The molecule has 1 rings (SSSR count). The van der Waals surface area contributed by atoms with Gasteiger partial charge in [-0.15, -0.1) is 0 Å². The molecule has 0 saturated carbocycles. The average molecular weight is 223 g/mol. The van der Waals surface area contributed by atoms with E-state index >= 15 is 0 Å². The third-order valence-corrected chi connectivity index (χ3v) is 1.80. The molecule has 0 bridgehead atoms. The lowest BCUT2D eigenvalue weighted by Gasteiger charge is -2.09. The maximum Gasteiger partial charge on any atom is 0.252 e. The molecule has 0 fully saturated rings. The highest BCUT2D eigenvalue weighted by atomic mass is 16.5. The number of carbonyl (C=O) groups excluding carboxylic acids is 2. The Morgan fingerprint density at radius 3 is 2.62 bits per heavy atom. The van der Waals surface area contributed by atoms with Gasteiger partial charge in [0.1, 0.15) is 12.5 Å². The Hall–Kier alpha value is -2.08. The van der Waals surface area contributed by atoms with Gasteiger partial charge in [-0.2, -0.15) is 0 Å². The zero-order chi connectivity index (χ0) is 12.1. The van der Waals surface area contributed by atoms with Crippen LogP contribution in [0.5, 0.6) is 5.75 Å². The van der Waals surface area contributed by atoms with Crippen molar-refractivity contribution in [3.8, 4) is 5.75 Å². The summed E-state index contributed by atoms with van der Waals surface area (Å²) in [5, 5.41) is 2.54. The number of hydrogen-bond acceptors (Lipinski definition) is 4. The molecular weight excluding hydrogens is 210 g/mol. The first-order chi connectivity index (χ1) is 7.54. The third-order valence-electron chi connectivity index (χ3n) is 1.80. The van der Waals surface area contributed by atoms with Crippen LogP contribution in [-0.2, 0) is 4.79 Å². The fraction of sp³-hybridized carbons (Fsp3) is 0.200. The van der Waals surface area contributed by atoms with Crippen LogP contribution in [0.2, 0.25) is 0 Å². The van der Waals surface area contributed by atoms with Crippen LogP contribution in [0.25, 0.3) is 0 Å². The number of primary amides is 1. The number of nitrogens with two attached hydrogens (primary N) is 2. The summed E-state index contributed by atoms with van der Waals surface area (Å²) in [6, 6.07) is 4.56. The molecule has 0 aliphatic heterocycles. The van der Waals surface area contributed by atoms with E-state index in [9.17, 15) is 9.59 Å². The second kappa shape index (κ2) is 5.13. The van der Waals surface area contributed by atoms with Gasteiger partial charge in [0, 0.05) is 12.6 Å². The predicted molar refractivity (Wildman–Crippen MR) is 58.9 cm³/mol. The summed E-state index contributed by atoms with van der Waals surface area (Å²) in [7, 11) is 0. The molecule has 0 atom stereocenters. The quantitative estimate of drug-likeness (QED) is 0.626. The predicted octanol–water partition coefficient (Wildman–Crippen LogP) is 0.0389. The van der Waals surface area contributed by atoms with Gasteiger partial charge in [-0.25, -0.2) is 0 Å². The number of amides is 2. The Morgan fingerprint density at radius 1 is 1.44 bits per heavy atom. The van der Waals surface area contributed by atoms with Crippen LogP contribution in [0.15, 0.2) is 18.2 Å². The number of carbonyl (C=O) groups is 2. The van der Waals surface area contributed by atoms with Crippen molar-refractivity contribution in [2.45, 2.75) is 6.92 Å². The molecule has 1 aromatic rings. The van der Waals surface area contributed by atoms with Gasteiger partial charge in [0.15, 0.2) is 0 Å². The Kier molecular flexibility index (Phi) is 3.84. The molecule has 0 aliphatic carbocycles. The van der Waals surface area contributed by atoms with Crippen molar-refractivity contribution in [2.75, 3.05) is 12.0 Å². The molecule has 0 aliphatic rings. The van der Waals surface area contributed by atoms with Crippen molar-refractivity contribution in [3.05, 3.63) is 23.8 Å². The van der Waals surface area contributed by atoms with Gasteiger partial charge >= 0.3 is 0 Å². The number of benzene rings is 1. The normalized spacial score (nSPS) is 9.62. The smallest absolute Gasteiger partial charge is 0.252 e. The van der Waals surface area contributed by atoms with Crippen LogP contribution in [0.3, 0.4) is 0 Å². The zero-order valence-corrected chi connectivity index (χ0v) is 8.82. The maximum absolute atomic E-state index is 11.1. The molecule has 5 N–H and O–H groups in total. The van der Waals surface area contributed by atoms with Gasteiger partial charge in [-0.1, -0.05) is 0 Å². The van der Waals surface area contributed by atoms with Crippen LogP contribution < -0.4 is 21.5 Å². The van der Waals surface area contributed by atoms with Crippen molar-refractivity contribution in [1.29, 1.82) is 0 Å². The molecule has 0 spiro atoms. The highest BCUT2D eigenvalue weighted by molar-refractivity contribution is 5.98. The first-order valence-corrected chi connectivity index (χ1v) is 4.59. The molecule has 86 valence electrons. The van der Waals surface area contributed by atoms with E-state index in [1.165, 1.54) is 19.1 Å². The standard InChI is InChI=1S/C10H13N3O3/c1-6(14)13-7-2-3-9(16-5-11)8(4-7)10(12)15/h2-4H,5,11H2,1H3,(H2,12,15)(H,13,14). The van der Waals surface area contributed by atoms with E-state index in [2.05, 4.69) is 5.32 Å². The molecule has 0 radical (unpaired) electrons. The molecule has 2 amide bonds. The number of anilines is 1. The zero-order valence-electron chi connectivity index (χ0n) is 8.82. The largest absolute Gasteiger partial charge is 0.478 e. The molecule has 6 heteroatoms. The minimum atomic E-state index is -0.643. The fourth-order valence-corrected chi connectivity index (χ4v) is 1.22. The van der Waals surface area contributed by atoms with Gasteiger partial charge in [0.2, 0.25) is 5.91 Å². The summed E-state index contributed by atoms with van der Waals surface area (Å²) in [6.07, 6.45) is 0. The first kappa shape index (κ1) is 12.0. The van der Waals surface area contributed by atoms with Crippen LogP contribution in [0.4, 0.5) is 5.69 Å². The van der Waals surface area contributed by atoms with E-state index in [4.69, 9.17) is 16.2 Å². The van der Waals surface area contributed by atoms with E-state index in [0.717, 1.165) is 0 Å². The molecular formula is C10H13N3O3. The molecule has 1 aromatic carbocycles. The number of nitrogens with one attached hydrogen (secondary N) is 1. The van der Waals surface area contributed by atoms with E-state index in [1.54, 1.807) is 6.07 Å². The van der Waals surface area contributed by atoms with Crippen LogP contribution in [0.1, 0.15) is 17.3 Å². The fourth-order valence-electron chi connectivity index (χ4n) is 1.22. The van der Waals surface area contributed by atoms with Crippen molar-refractivity contribution in [2.24, 2.45) is 11.5 Å². The number of hydrogen-bond donors (Lipinski definition) is 3. The molecule has 0 aromatic heterocycles. The molecule has 0 heterocycles. The lowest BCUT2D eigenvalue weighted by Crippen LogP contribution is -2.16. The van der Waals surface area contributed by atoms with Gasteiger partial charge in [0.05, 0.1) is 5.56 Å². The van der Waals surface area contributed by atoms with Gasteiger partial charge in [-0.3, -0.25) is 15.3 Å². The van der Waals surface area contributed by atoms with Gasteiger partial charge < -0.3 is 15.8 Å². The Morgan fingerprint density at radius 2 is 2.12 bits per heavy atom. The SMILES string of the molecule is CC(=O)Nc1ccc(OCN)c(C(N)=O)c1. The summed E-state index contributed by atoms with van der Waals surface area (Å²) < 4.78 is 5.02. The Labute approximate surface area is 92.6 Å². The van der Waals surface area contributed by atoms with Gasteiger partial charge in [0.25, 0.3) is 5.91 Å². The van der Waals surface area contributed by atoms with Crippen LogP contribution in [-0.4, -0.2) is 18.5 Å². The van der Waals surface area contributed by atoms with E-state index in [-0.39, 0.29) is 18.2 Å². The highest BCUT2D eigenvalue weighted by Crippen LogP contribution is 2.22.